The number of nitrogens with two attached hydrogens (primary N) is 1. The Morgan fingerprint density at radius 1 is 1.37 bits per heavy atom. The number of primary amides is 1. The third kappa shape index (κ3) is 3.17. The molecule has 3 N–H and O–H groups in total. The van der Waals surface area contributed by atoms with Crippen LogP contribution in [0.5, 0.6) is 11.5 Å². The van der Waals surface area contributed by atoms with Crippen molar-refractivity contribution in [1.29, 1.82) is 0 Å². The molecular formula is C14H22N2O3. The zero-order valence-corrected chi connectivity index (χ0v) is 11.9. The standard InChI is InChI=1S/C14H22N2O3/c1-5-8-16-14(2,13(15)17)11-7-6-10(18-3)9-12(11)19-4/h6-7,9,16H,5,8H2,1-4H3,(H2,15,17). The molecule has 1 aromatic rings. The van der Waals surface area contributed by atoms with E-state index in [-0.39, 0.29) is 0 Å². The van der Waals surface area contributed by atoms with E-state index in [2.05, 4.69) is 5.32 Å². The summed E-state index contributed by atoms with van der Waals surface area (Å²) in [6.45, 7) is 4.48. The Morgan fingerprint density at radius 2 is 2.05 bits per heavy atom. The van der Waals surface area contributed by atoms with Crippen LogP contribution in [0.3, 0.4) is 0 Å². The Balaban J connectivity index is 3.25. The highest BCUT2D eigenvalue weighted by molar-refractivity contribution is 5.86. The van der Waals surface area contributed by atoms with Gasteiger partial charge >= 0.3 is 0 Å². The summed E-state index contributed by atoms with van der Waals surface area (Å²) in [6.07, 6.45) is 0.904. The average Bonchev–Trinajstić information content (AvgIpc) is 2.43. The Kier molecular flexibility index (Phi) is 5.18. The molecule has 0 saturated heterocycles. The van der Waals surface area contributed by atoms with Crippen LogP contribution in [0.25, 0.3) is 0 Å². The first-order chi connectivity index (χ1) is 8.99. The van der Waals surface area contributed by atoms with Gasteiger partial charge in [0, 0.05) is 11.6 Å². The molecule has 106 valence electrons. The van der Waals surface area contributed by atoms with E-state index in [1.54, 1.807) is 39.3 Å². The summed E-state index contributed by atoms with van der Waals surface area (Å²) < 4.78 is 10.5. The second-order valence-electron chi connectivity index (χ2n) is 4.48. The van der Waals surface area contributed by atoms with Crippen molar-refractivity contribution >= 4 is 5.91 Å². The lowest BCUT2D eigenvalue weighted by Crippen LogP contribution is -2.50. The Morgan fingerprint density at radius 3 is 2.53 bits per heavy atom. The maximum absolute atomic E-state index is 11.8. The van der Waals surface area contributed by atoms with E-state index < -0.39 is 11.4 Å². The predicted molar refractivity (Wildman–Crippen MR) is 74.4 cm³/mol. The van der Waals surface area contributed by atoms with Gasteiger partial charge in [0.05, 0.1) is 14.2 Å². The topological polar surface area (TPSA) is 73.6 Å². The van der Waals surface area contributed by atoms with E-state index in [0.717, 1.165) is 6.42 Å². The van der Waals surface area contributed by atoms with Gasteiger partial charge in [0.2, 0.25) is 5.91 Å². The van der Waals surface area contributed by atoms with Crippen molar-refractivity contribution < 1.29 is 14.3 Å². The summed E-state index contributed by atoms with van der Waals surface area (Å²) in [5.41, 5.74) is 5.29. The molecule has 0 aromatic heterocycles. The zero-order chi connectivity index (χ0) is 14.5. The van der Waals surface area contributed by atoms with Crippen molar-refractivity contribution in [2.45, 2.75) is 25.8 Å². The maximum atomic E-state index is 11.8. The fraction of sp³-hybridized carbons (Fsp3) is 0.500. The molecule has 0 spiro atoms. The van der Waals surface area contributed by atoms with E-state index in [0.29, 0.717) is 23.6 Å². The summed E-state index contributed by atoms with van der Waals surface area (Å²) in [4.78, 5) is 11.8. The molecule has 0 aliphatic rings. The summed E-state index contributed by atoms with van der Waals surface area (Å²) >= 11 is 0. The number of benzene rings is 1. The van der Waals surface area contributed by atoms with Crippen molar-refractivity contribution in [1.82, 2.24) is 5.32 Å². The molecule has 1 atom stereocenters. The smallest absolute Gasteiger partial charge is 0.242 e. The van der Waals surface area contributed by atoms with Crippen molar-refractivity contribution in [3.63, 3.8) is 0 Å². The Labute approximate surface area is 114 Å². The van der Waals surface area contributed by atoms with Gasteiger partial charge in [-0.3, -0.25) is 10.1 Å². The molecule has 0 bridgehead atoms. The highest BCUT2D eigenvalue weighted by Crippen LogP contribution is 2.33. The molecule has 0 aliphatic carbocycles. The highest BCUT2D eigenvalue weighted by atomic mass is 16.5. The fourth-order valence-corrected chi connectivity index (χ4v) is 1.90. The largest absolute Gasteiger partial charge is 0.497 e. The van der Waals surface area contributed by atoms with Crippen LogP contribution in [0.4, 0.5) is 0 Å². The van der Waals surface area contributed by atoms with E-state index >= 15 is 0 Å². The molecule has 0 fully saturated rings. The molecule has 1 amide bonds. The van der Waals surface area contributed by atoms with Gasteiger partial charge in [0.25, 0.3) is 0 Å². The molecule has 19 heavy (non-hydrogen) atoms. The molecule has 5 heteroatoms. The van der Waals surface area contributed by atoms with Gasteiger partial charge in [-0.1, -0.05) is 6.92 Å². The van der Waals surface area contributed by atoms with E-state index in [4.69, 9.17) is 15.2 Å². The second-order valence-corrected chi connectivity index (χ2v) is 4.48. The molecular weight excluding hydrogens is 244 g/mol. The average molecular weight is 266 g/mol. The number of amides is 1. The molecule has 1 unspecified atom stereocenters. The molecule has 1 aromatic carbocycles. The summed E-state index contributed by atoms with van der Waals surface area (Å²) in [7, 11) is 3.14. The number of rotatable bonds is 7. The number of nitrogens with one attached hydrogen (secondary N) is 1. The van der Waals surface area contributed by atoms with Crippen LogP contribution in [-0.2, 0) is 10.3 Å². The Bertz CT molecular complexity index is 448. The van der Waals surface area contributed by atoms with Crippen LogP contribution in [0, 0.1) is 0 Å². The zero-order valence-electron chi connectivity index (χ0n) is 11.9. The first-order valence-corrected chi connectivity index (χ1v) is 6.27. The molecule has 5 nitrogen and oxygen atoms in total. The van der Waals surface area contributed by atoms with Crippen LogP contribution < -0.4 is 20.5 Å². The van der Waals surface area contributed by atoms with Gasteiger partial charge in [0.1, 0.15) is 17.0 Å². The van der Waals surface area contributed by atoms with Crippen LogP contribution in [-0.4, -0.2) is 26.7 Å². The highest BCUT2D eigenvalue weighted by Gasteiger charge is 2.35. The van der Waals surface area contributed by atoms with Crippen molar-refractivity contribution in [3.8, 4) is 11.5 Å². The number of hydrogen-bond donors (Lipinski definition) is 2. The quantitative estimate of drug-likeness (QED) is 0.782. The van der Waals surface area contributed by atoms with Crippen molar-refractivity contribution in [2.75, 3.05) is 20.8 Å². The number of carbonyl (C=O) groups is 1. The summed E-state index contributed by atoms with van der Waals surface area (Å²) in [6, 6.07) is 5.32. The van der Waals surface area contributed by atoms with Crippen molar-refractivity contribution in [2.24, 2.45) is 5.73 Å². The SMILES string of the molecule is CCCNC(C)(C(N)=O)c1ccc(OC)cc1OC. The number of ether oxygens (including phenoxy) is 2. The normalized spacial score (nSPS) is 13.7. The maximum Gasteiger partial charge on any atom is 0.242 e. The van der Waals surface area contributed by atoms with E-state index in [9.17, 15) is 4.79 Å². The van der Waals surface area contributed by atoms with E-state index in [1.165, 1.54) is 0 Å². The van der Waals surface area contributed by atoms with Gasteiger partial charge in [-0.15, -0.1) is 0 Å². The third-order valence-corrected chi connectivity index (χ3v) is 3.17. The van der Waals surface area contributed by atoms with Crippen LogP contribution >= 0.6 is 0 Å². The molecule has 1 rings (SSSR count). The monoisotopic (exact) mass is 266 g/mol. The lowest BCUT2D eigenvalue weighted by molar-refractivity contribution is -0.124. The van der Waals surface area contributed by atoms with Crippen LogP contribution in [0.15, 0.2) is 18.2 Å². The molecule has 0 radical (unpaired) electrons. The van der Waals surface area contributed by atoms with Gasteiger partial charge in [-0.25, -0.2) is 0 Å². The minimum atomic E-state index is -0.965. The minimum Gasteiger partial charge on any atom is -0.497 e. The summed E-state index contributed by atoms with van der Waals surface area (Å²) in [5, 5.41) is 3.18. The van der Waals surface area contributed by atoms with Crippen LogP contribution in [0.2, 0.25) is 0 Å². The minimum absolute atomic E-state index is 0.440. The lowest BCUT2D eigenvalue weighted by Gasteiger charge is -2.29. The molecule has 0 saturated carbocycles. The predicted octanol–water partition coefficient (Wildman–Crippen LogP) is 1.40. The fourth-order valence-electron chi connectivity index (χ4n) is 1.90. The Hall–Kier alpha value is -1.75. The third-order valence-electron chi connectivity index (χ3n) is 3.17. The van der Waals surface area contributed by atoms with E-state index in [1.807, 2.05) is 6.92 Å². The molecule has 0 aliphatic heterocycles. The molecule has 0 heterocycles. The first-order valence-electron chi connectivity index (χ1n) is 6.27. The van der Waals surface area contributed by atoms with Gasteiger partial charge < -0.3 is 15.2 Å². The number of carbonyl (C=O) groups excluding carboxylic acids is 1. The lowest BCUT2D eigenvalue weighted by atomic mass is 9.90. The first kappa shape index (κ1) is 15.3. The van der Waals surface area contributed by atoms with Gasteiger partial charge in [0.15, 0.2) is 0 Å². The van der Waals surface area contributed by atoms with Gasteiger partial charge in [-0.2, -0.15) is 0 Å². The number of methoxy groups -OCH3 is 2. The van der Waals surface area contributed by atoms with Gasteiger partial charge in [-0.05, 0) is 32.0 Å². The second kappa shape index (κ2) is 6.43. The summed E-state index contributed by atoms with van der Waals surface area (Å²) in [5.74, 6) is 0.802. The number of hydrogen-bond acceptors (Lipinski definition) is 4. The van der Waals surface area contributed by atoms with Crippen LogP contribution in [0.1, 0.15) is 25.8 Å². The van der Waals surface area contributed by atoms with Crippen molar-refractivity contribution in [3.05, 3.63) is 23.8 Å².